The van der Waals surface area contributed by atoms with Crippen molar-refractivity contribution in [1.29, 1.82) is 0 Å². The Balaban J connectivity index is 1.48. The number of furan rings is 2. The summed E-state index contributed by atoms with van der Waals surface area (Å²) in [7, 11) is 0. The van der Waals surface area contributed by atoms with Crippen LogP contribution in [0.25, 0.3) is 11.6 Å². The lowest BCUT2D eigenvalue weighted by Gasteiger charge is -2.12. The summed E-state index contributed by atoms with van der Waals surface area (Å²) in [5, 5.41) is 12.2. The van der Waals surface area contributed by atoms with Crippen molar-refractivity contribution in [3.63, 3.8) is 0 Å². The third kappa shape index (κ3) is 4.60. The van der Waals surface area contributed by atoms with Gasteiger partial charge >= 0.3 is 0 Å². The first-order valence-electron chi connectivity index (χ1n) is 9.17. The van der Waals surface area contributed by atoms with Crippen LogP contribution in [0.2, 0.25) is 0 Å². The van der Waals surface area contributed by atoms with Gasteiger partial charge in [0.05, 0.1) is 30.9 Å². The number of carbonyl (C=O) groups excluding carboxylic acids is 1. The van der Waals surface area contributed by atoms with E-state index in [2.05, 4.69) is 15.5 Å². The van der Waals surface area contributed by atoms with Gasteiger partial charge in [0, 0.05) is 0 Å². The summed E-state index contributed by atoms with van der Waals surface area (Å²) < 4.78 is 12.8. The molecule has 0 fully saturated rings. The van der Waals surface area contributed by atoms with Gasteiger partial charge in [0.1, 0.15) is 5.76 Å². The monoisotopic (exact) mass is 408 g/mol. The van der Waals surface area contributed by atoms with E-state index in [4.69, 9.17) is 8.83 Å². The lowest BCUT2D eigenvalue weighted by molar-refractivity contribution is -0.119. The predicted octanol–water partition coefficient (Wildman–Crippen LogP) is 4.15. The maximum Gasteiger partial charge on any atom is 0.231 e. The average Bonchev–Trinajstić information content (AvgIpc) is 3.49. The Morgan fingerprint density at radius 1 is 1.07 bits per heavy atom. The molecule has 29 heavy (non-hydrogen) atoms. The van der Waals surface area contributed by atoms with Crippen molar-refractivity contribution in [1.82, 2.24) is 20.1 Å². The Bertz CT molecular complexity index is 1040. The fourth-order valence-corrected chi connectivity index (χ4v) is 3.66. The third-order valence-electron chi connectivity index (χ3n) is 4.32. The van der Waals surface area contributed by atoms with Crippen molar-refractivity contribution in [3.05, 3.63) is 78.4 Å². The maximum absolute atomic E-state index is 12.4. The lowest BCUT2D eigenvalue weighted by Crippen LogP contribution is -2.28. The van der Waals surface area contributed by atoms with Crippen molar-refractivity contribution in [3.8, 4) is 11.6 Å². The zero-order chi connectivity index (χ0) is 20.1. The molecule has 3 heterocycles. The molecular formula is C21H20N4O3S. The smallest absolute Gasteiger partial charge is 0.231 e. The van der Waals surface area contributed by atoms with Crippen LogP contribution >= 0.6 is 11.8 Å². The molecule has 3 aromatic heterocycles. The second-order valence-corrected chi connectivity index (χ2v) is 7.39. The Morgan fingerprint density at radius 3 is 2.59 bits per heavy atom. The molecule has 0 saturated heterocycles. The summed E-state index contributed by atoms with van der Waals surface area (Å²) in [5.74, 6) is 2.10. The van der Waals surface area contributed by atoms with Crippen LogP contribution in [0.5, 0.6) is 0 Å². The van der Waals surface area contributed by atoms with Gasteiger partial charge in [-0.25, -0.2) is 0 Å². The van der Waals surface area contributed by atoms with Gasteiger partial charge in [-0.2, -0.15) is 0 Å². The number of thioether (sulfide) groups is 1. The summed E-state index contributed by atoms with van der Waals surface area (Å²) in [6.07, 6.45) is 3.20. The van der Waals surface area contributed by atoms with E-state index in [1.54, 1.807) is 18.6 Å². The second-order valence-electron chi connectivity index (χ2n) is 6.45. The molecule has 148 valence electrons. The fourth-order valence-electron chi connectivity index (χ4n) is 2.91. The van der Waals surface area contributed by atoms with E-state index in [1.165, 1.54) is 11.8 Å². The quantitative estimate of drug-likeness (QED) is 0.441. The number of hydrogen-bond donors (Lipinski definition) is 1. The van der Waals surface area contributed by atoms with Crippen LogP contribution in [0.4, 0.5) is 0 Å². The number of hydrogen-bond acceptors (Lipinski definition) is 6. The number of amides is 1. The SMILES string of the molecule is C[C@H](NC(=O)CSc1nnc(-c2ccco2)n1Cc1ccccc1)c1ccco1. The van der Waals surface area contributed by atoms with Crippen LogP contribution < -0.4 is 5.32 Å². The first-order chi connectivity index (χ1) is 14.2. The molecule has 0 bridgehead atoms. The molecule has 1 N–H and O–H groups in total. The van der Waals surface area contributed by atoms with Gasteiger partial charge in [-0.1, -0.05) is 42.1 Å². The zero-order valence-electron chi connectivity index (χ0n) is 15.8. The normalized spacial score (nSPS) is 12.0. The second kappa shape index (κ2) is 8.83. The molecule has 0 aliphatic carbocycles. The number of benzene rings is 1. The first-order valence-corrected chi connectivity index (χ1v) is 10.2. The zero-order valence-corrected chi connectivity index (χ0v) is 16.6. The summed E-state index contributed by atoms with van der Waals surface area (Å²) in [6, 6.07) is 17.1. The highest BCUT2D eigenvalue weighted by Gasteiger charge is 2.19. The molecule has 1 atom stereocenters. The summed E-state index contributed by atoms with van der Waals surface area (Å²) in [4.78, 5) is 12.4. The van der Waals surface area contributed by atoms with Gasteiger partial charge in [0.25, 0.3) is 0 Å². The van der Waals surface area contributed by atoms with Gasteiger partial charge in [0.15, 0.2) is 10.9 Å². The van der Waals surface area contributed by atoms with Crippen molar-refractivity contribution >= 4 is 17.7 Å². The Kier molecular flexibility index (Phi) is 5.81. The Labute approximate surface area is 172 Å². The molecule has 0 unspecified atom stereocenters. The maximum atomic E-state index is 12.4. The number of nitrogens with zero attached hydrogens (tertiary/aromatic N) is 3. The van der Waals surface area contributed by atoms with Crippen LogP contribution in [-0.4, -0.2) is 26.4 Å². The third-order valence-corrected chi connectivity index (χ3v) is 5.29. The highest BCUT2D eigenvalue weighted by molar-refractivity contribution is 7.99. The summed E-state index contributed by atoms with van der Waals surface area (Å²) >= 11 is 1.34. The van der Waals surface area contributed by atoms with Crippen molar-refractivity contribution in [2.45, 2.75) is 24.7 Å². The molecule has 0 spiro atoms. The molecular weight excluding hydrogens is 388 g/mol. The number of rotatable bonds is 8. The van der Waals surface area contributed by atoms with Gasteiger partial charge in [0.2, 0.25) is 11.7 Å². The van der Waals surface area contributed by atoms with Crippen LogP contribution in [0.3, 0.4) is 0 Å². The van der Waals surface area contributed by atoms with E-state index in [0.29, 0.717) is 23.3 Å². The van der Waals surface area contributed by atoms with Gasteiger partial charge in [-0.15, -0.1) is 10.2 Å². The Hall–Kier alpha value is -3.26. The topological polar surface area (TPSA) is 86.1 Å². The van der Waals surface area contributed by atoms with Gasteiger partial charge in [-0.3, -0.25) is 9.36 Å². The van der Waals surface area contributed by atoms with Crippen LogP contribution in [-0.2, 0) is 11.3 Å². The Morgan fingerprint density at radius 2 is 1.86 bits per heavy atom. The van der Waals surface area contributed by atoms with E-state index in [9.17, 15) is 4.79 Å². The molecule has 4 rings (SSSR count). The van der Waals surface area contributed by atoms with Crippen molar-refractivity contribution < 1.29 is 13.6 Å². The van der Waals surface area contributed by atoms with E-state index < -0.39 is 0 Å². The van der Waals surface area contributed by atoms with E-state index >= 15 is 0 Å². The van der Waals surface area contributed by atoms with Crippen molar-refractivity contribution in [2.75, 3.05) is 5.75 Å². The molecule has 0 radical (unpaired) electrons. The highest BCUT2D eigenvalue weighted by Crippen LogP contribution is 2.25. The average molecular weight is 408 g/mol. The van der Waals surface area contributed by atoms with Crippen LogP contribution in [0, 0.1) is 0 Å². The minimum atomic E-state index is -0.195. The lowest BCUT2D eigenvalue weighted by atomic mass is 10.2. The molecule has 7 nitrogen and oxygen atoms in total. The predicted molar refractivity (Wildman–Crippen MR) is 109 cm³/mol. The minimum absolute atomic E-state index is 0.104. The van der Waals surface area contributed by atoms with Gasteiger partial charge < -0.3 is 14.2 Å². The summed E-state index contributed by atoms with van der Waals surface area (Å²) in [5.41, 5.74) is 1.11. The molecule has 1 aromatic carbocycles. The van der Waals surface area contributed by atoms with E-state index in [0.717, 1.165) is 11.3 Å². The molecule has 0 aliphatic rings. The summed E-state index contributed by atoms with van der Waals surface area (Å²) in [6.45, 7) is 2.46. The fraction of sp³-hybridized carbons (Fsp3) is 0.190. The van der Waals surface area contributed by atoms with Crippen LogP contribution in [0.1, 0.15) is 24.3 Å². The van der Waals surface area contributed by atoms with Crippen LogP contribution in [0.15, 0.2) is 81.1 Å². The van der Waals surface area contributed by atoms with Crippen molar-refractivity contribution in [2.24, 2.45) is 0 Å². The first kappa shape index (κ1) is 19.1. The van der Waals surface area contributed by atoms with Gasteiger partial charge in [-0.05, 0) is 36.8 Å². The standard InChI is InChI=1S/C21H20N4O3S/c1-15(17-9-5-11-27-17)22-19(26)14-29-21-24-23-20(18-10-6-12-28-18)25(21)13-16-7-3-2-4-8-16/h2-12,15H,13-14H2,1H3,(H,22,26)/t15-/m0/s1. The molecule has 0 saturated carbocycles. The largest absolute Gasteiger partial charge is 0.467 e. The molecule has 8 heteroatoms. The molecule has 1 amide bonds. The van der Waals surface area contributed by atoms with E-state index in [1.807, 2.05) is 60.0 Å². The number of nitrogens with one attached hydrogen (secondary N) is 1. The number of carbonyl (C=O) groups is 1. The minimum Gasteiger partial charge on any atom is -0.467 e. The molecule has 0 aliphatic heterocycles. The highest BCUT2D eigenvalue weighted by atomic mass is 32.2. The van der Waals surface area contributed by atoms with E-state index in [-0.39, 0.29) is 17.7 Å². The molecule has 4 aromatic rings. The number of aromatic nitrogens is 3.